The first-order valence-electron chi connectivity index (χ1n) is 5.47. The number of aliphatic hydroxyl groups excluding tert-OH is 1. The molecular weight excluding hydrogens is 353 g/mol. The largest absolute Gasteiger partial charge is 0.437 e. The van der Waals surface area contributed by atoms with Crippen molar-refractivity contribution in [3.05, 3.63) is 49.5 Å². The maximum absolute atomic E-state index is 13.7. The van der Waals surface area contributed by atoms with Crippen LogP contribution in [0.25, 0.3) is 0 Å². The first kappa shape index (κ1) is 14.9. The lowest BCUT2D eigenvalue weighted by atomic mass is 10.3. The SMILES string of the molecule is C[C@@H](O)c1cc([N+](=O)[O-])c(Oc2ccc(Br)cc2F)s1. The minimum Gasteiger partial charge on any atom is -0.437 e. The molecule has 8 heteroatoms. The average molecular weight is 362 g/mol. The third-order valence-corrected chi connectivity index (χ3v) is 4.07. The Hall–Kier alpha value is -1.51. The summed E-state index contributed by atoms with van der Waals surface area (Å²) in [6, 6.07) is 5.35. The van der Waals surface area contributed by atoms with E-state index >= 15 is 0 Å². The summed E-state index contributed by atoms with van der Waals surface area (Å²) in [7, 11) is 0. The molecule has 0 amide bonds. The molecule has 0 bridgehead atoms. The van der Waals surface area contributed by atoms with Gasteiger partial charge in [0.1, 0.15) is 0 Å². The van der Waals surface area contributed by atoms with Crippen LogP contribution in [0.5, 0.6) is 10.8 Å². The minimum atomic E-state index is -0.856. The van der Waals surface area contributed by atoms with E-state index in [0.29, 0.717) is 9.35 Å². The third-order valence-electron chi connectivity index (χ3n) is 2.40. The fourth-order valence-corrected chi connectivity index (χ4v) is 2.70. The van der Waals surface area contributed by atoms with Gasteiger partial charge in [-0.15, -0.1) is 0 Å². The molecule has 1 aromatic heterocycles. The number of ether oxygens (including phenoxy) is 1. The van der Waals surface area contributed by atoms with Gasteiger partial charge in [-0.2, -0.15) is 0 Å². The Labute approximate surface area is 125 Å². The van der Waals surface area contributed by atoms with Gasteiger partial charge in [-0.1, -0.05) is 27.3 Å². The van der Waals surface area contributed by atoms with E-state index in [1.807, 2.05) is 0 Å². The molecule has 0 fully saturated rings. The maximum Gasteiger partial charge on any atom is 0.323 e. The Morgan fingerprint density at radius 1 is 1.50 bits per heavy atom. The molecular formula is C12H9BrFNO4S. The van der Waals surface area contributed by atoms with Crippen molar-refractivity contribution in [1.29, 1.82) is 0 Å². The first-order valence-corrected chi connectivity index (χ1v) is 7.08. The molecule has 2 aromatic rings. The summed E-state index contributed by atoms with van der Waals surface area (Å²) >= 11 is 4.02. The van der Waals surface area contributed by atoms with Crippen LogP contribution < -0.4 is 4.74 Å². The van der Waals surface area contributed by atoms with Crippen LogP contribution in [-0.4, -0.2) is 10.0 Å². The topological polar surface area (TPSA) is 72.6 Å². The van der Waals surface area contributed by atoms with Gasteiger partial charge in [-0.05, 0) is 25.1 Å². The first-order chi connectivity index (χ1) is 9.38. The summed E-state index contributed by atoms with van der Waals surface area (Å²) in [5.41, 5.74) is -0.298. The Morgan fingerprint density at radius 2 is 2.20 bits per heavy atom. The van der Waals surface area contributed by atoms with Gasteiger partial charge >= 0.3 is 5.69 Å². The van der Waals surface area contributed by atoms with E-state index in [4.69, 9.17) is 4.74 Å². The number of nitrogens with zero attached hydrogens (tertiary/aromatic N) is 1. The van der Waals surface area contributed by atoms with Gasteiger partial charge in [0.2, 0.25) is 0 Å². The predicted octanol–water partition coefficient (Wildman–Crippen LogP) is 4.40. The van der Waals surface area contributed by atoms with Gasteiger partial charge in [0.25, 0.3) is 5.06 Å². The fraction of sp³-hybridized carbons (Fsp3) is 0.167. The zero-order chi connectivity index (χ0) is 14.9. The fourth-order valence-electron chi connectivity index (χ4n) is 1.45. The molecule has 0 saturated carbocycles. The van der Waals surface area contributed by atoms with Crippen molar-refractivity contribution in [2.24, 2.45) is 0 Å². The van der Waals surface area contributed by atoms with Crippen molar-refractivity contribution in [2.45, 2.75) is 13.0 Å². The van der Waals surface area contributed by atoms with Crippen molar-refractivity contribution in [3.63, 3.8) is 0 Å². The second-order valence-corrected chi connectivity index (χ2v) is 5.89. The second-order valence-electron chi connectivity index (χ2n) is 3.93. The van der Waals surface area contributed by atoms with Crippen molar-refractivity contribution < 1.29 is 19.2 Å². The van der Waals surface area contributed by atoms with Gasteiger partial charge in [-0.3, -0.25) is 10.1 Å². The van der Waals surface area contributed by atoms with Gasteiger partial charge < -0.3 is 9.84 Å². The number of hydrogen-bond donors (Lipinski definition) is 1. The molecule has 1 aromatic carbocycles. The lowest BCUT2D eigenvalue weighted by Crippen LogP contribution is -1.91. The smallest absolute Gasteiger partial charge is 0.323 e. The molecule has 0 aliphatic heterocycles. The number of aliphatic hydroxyl groups is 1. The quantitative estimate of drug-likeness (QED) is 0.646. The Balaban J connectivity index is 2.39. The molecule has 1 heterocycles. The molecule has 106 valence electrons. The molecule has 0 saturated heterocycles. The molecule has 5 nitrogen and oxygen atoms in total. The summed E-state index contributed by atoms with van der Waals surface area (Å²) in [6.07, 6.45) is -0.856. The van der Waals surface area contributed by atoms with Gasteiger partial charge in [0, 0.05) is 15.4 Å². The highest BCUT2D eigenvalue weighted by molar-refractivity contribution is 9.10. The van der Waals surface area contributed by atoms with Crippen LogP contribution in [0.3, 0.4) is 0 Å². The predicted molar refractivity (Wildman–Crippen MR) is 75.8 cm³/mol. The number of halogens is 2. The highest BCUT2D eigenvalue weighted by Crippen LogP contribution is 2.42. The zero-order valence-corrected chi connectivity index (χ0v) is 12.6. The Bertz CT molecular complexity index is 659. The van der Waals surface area contributed by atoms with Gasteiger partial charge in [-0.25, -0.2) is 4.39 Å². The van der Waals surface area contributed by atoms with Crippen LogP contribution in [-0.2, 0) is 0 Å². The molecule has 2 rings (SSSR count). The number of hydrogen-bond acceptors (Lipinski definition) is 5. The van der Waals surface area contributed by atoms with Crippen LogP contribution in [0.15, 0.2) is 28.7 Å². The van der Waals surface area contributed by atoms with E-state index in [1.165, 1.54) is 25.1 Å². The molecule has 0 unspecified atom stereocenters. The number of rotatable bonds is 4. The second kappa shape index (κ2) is 5.86. The molecule has 0 aliphatic rings. The summed E-state index contributed by atoms with van der Waals surface area (Å²) in [5, 5.41) is 20.3. The molecule has 0 spiro atoms. The minimum absolute atomic E-state index is 0.0628. The maximum atomic E-state index is 13.7. The van der Waals surface area contributed by atoms with Crippen LogP contribution in [0.4, 0.5) is 10.1 Å². The summed E-state index contributed by atoms with van der Waals surface area (Å²) in [4.78, 5) is 10.7. The molecule has 20 heavy (non-hydrogen) atoms. The molecule has 1 N–H and O–H groups in total. The van der Waals surface area contributed by atoms with E-state index in [-0.39, 0.29) is 16.5 Å². The van der Waals surface area contributed by atoms with E-state index < -0.39 is 16.8 Å². The van der Waals surface area contributed by atoms with Crippen molar-refractivity contribution in [2.75, 3.05) is 0 Å². The highest BCUT2D eigenvalue weighted by atomic mass is 79.9. The Kier molecular flexibility index (Phi) is 4.36. The van der Waals surface area contributed by atoms with Crippen LogP contribution in [0.2, 0.25) is 0 Å². The third kappa shape index (κ3) is 3.14. The van der Waals surface area contributed by atoms with Gasteiger partial charge in [0.05, 0.1) is 11.0 Å². The molecule has 1 atom stereocenters. The van der Waals surface area contributed by atoms with Crippen molar-refractivity contribution in [1.82, 2.24) is 0 Å². The lowest BCUT2D eigenvalue weighted by Gasteiger charge is -2.04. The summed E-state index contributed by atoms with van der Waals surface area (Å²) < 4.78 is 19.5. The lowest BCUT2D eigenvalue weighted by molar-refractivity contribution is -0.385. The van der Waals surface area contributed by atoms with Crippen LogP contribution >= 0.6 is 27.3 Å². The number of thiophene rings is 1. The van der Waals surface area contributed by atoms with E-state index in [2.05, 4.69) is 15.9 Å². The van der Waals surface area contributed by atoms with E-state index in [0.717, 1.165) is 11.3 Å². The Morgan fingerprint density at radius 3 is 2.75 bits per heavy atom. The van der Waals surface area contributed by atoms with Crippen LogP contribution in [0, 0.1) is 15.9 Å². The van der Waals surface area contributed by atoms with Crippen molar-refractivity contribution >= 4 is 33.0 Å². The van der Waals surface area contributed by atoms with E-state index in [9.17, 15) is 19.6 Å². The summed E-state index contributed by atoms with van der Waals surface area (Å²) in [6.45, 7) is 1.49. The van der Waals surface area contributed by atoms with Crippen molar-refractivity contribution in [3.8, 4) is 10.8 Å². The number of benzene rings is 1. The monoisotopic (exact) mass is 361 g/mol. The molecule has 0 aliphatic carbocycles. The summed E-state index contributed by atoms with van der Waals surface area (Å²) in [5.74, 6) is -0.754. The van der Waals surface area contributed by atoms with Crippen LogP contribution in [0.1, 0.15) is 17.9 Å². The average Bonchev–Trinajstić information content (AvgIpc) is 2.77. The molecule has 0 radical (unpaired) electrons. The number of nitro groups is 1. The zero-order valence-electron chi connectivity index (χ0n) is 10.2. The van der Waals surface area contributed by atoms with Gasteiger partial charge in [0.15, 0.2) is 11.6 Å². The normalized spacial score (nSPS) is 12.2. The standard InChI is InChI=1S/C12H9BrFNO4S/c1-6(16)11-5-9(15(17)18)12(20-11)19-10-3-2-7(13)4-8(10)14/h2-6,16H,1H3/t6-/m1/s1. The van der Waals surface area contributed by atoms with E-state index in [1.54, 1.807) is 6.07 Å². The highest BCUT2D eigenvalue weighted by Gasteiger charge is 2.23.